The first-order valence-electron chi connectivity index (χ1n) is 6.09. The van der Waals surface area contributed by atoms with Crippen LogP contribution in [-0.4, -0.2) is 43.4 Å². The van der Waals surface area contributed by atoms with Crippen molar-refractivity contribution < 1.29 is 22.7 Å². The topological polar surface area (TPSA) is 89.3 Å². The molecule has 21 heavy (non-hydrogen) atoms. The van der Waals surface area contributed by atoms with Gasteiger partial charge in [0.2, 0.25) is 0 Å². The molecule has 10 heteroatoms. The molecule has 0 bridgehead atoms. The Kier molecular flexibility index (Phi) is 6.21. The number of thiazole rings is 1. The third-order valence-electron chi connectivity index (χ3n) is 2.36. The zero-order chi connectivity index (χ0) is 16.0. The molecule has 0 aliphatic rings. The molecule has 0 aliphatic carbocycles. The Hall–Kier alpha value is -1.55. The van der Waals surface area contributed by atoms with Crippen molar-refractivity contribution in [3.8, 4) is 0 Å². The van der Waals surface area contributed by atoms with Gasteiger partial charge in [0.15, 0.2) is 5.13 Å². The summed E-state index contributed by atoms with van der Waals surface area (Å²) in [5.74, 6) is -0.682. The molecule has 0 aliphatic heterocycles. The van der Waals surface area contributed by atoms with Crippen LogP contribution in [0.15, 0.2) is 0 Å². The fourth-order valence-corrected chi connectivity index (χ4v) is 2.33. The number of hydrogen-bond acceptors (Lipinski definition) is 6. The van der Waals surface area contributed by atoms with Crippen LogP contribution in [0.1, 0.15) is 23.0 Å². The zero-order valence-corrected chi connectivity index (χ0v) is 12.4. The summed E-state index contributed by atoms with van der Waals surface area (Å²) in [6, 6.07) is -1.04. The SMILES string of the molecule is COCCNc1nc(N)c(C(=O)NC(C)CC(F)(F)F)s1. The molecule has 1 unspecified atom stereocenters. The molecule has 0 saturated carbocycles. The number of ether oxygens (including phenoxy) is 1. The van der Waals surface area contributed by atoms with Gasteiger partial charge in [0.25, 0.3) is 5.91 Å². The molecule has 4 N–H and O–H groups in total. The molecule has 6 nitrogen and oxygen atoms in total. The molecule has 1 aromatic rings. The number of hydrogen-bond donors (Lipinski definition) is 3. The third kappa shape index (κ3) is 6.17. The monoisotopic (exact) mass is 326 g/mol. The van der Waals surface area contributed by atoms with Crippen molar-refractivity contribution >= 4 is 28.2 Å². The number of methoxy groups -OCH3 is 1. The molecule has 0 saturated heterocycles. The number of halogens is 3. The Labute approximate surface area is 123 Å². The Balaban J connectivity index is 2.61. The largest absolute Gasteiger partial charge is 0.391 e. The van der Waals surface area contributed by atoms with E-state index in [-0.39, 0.29) is 10.7 Å². The normalized spacial score (nSPS) is 13.0. The van der Waals surface area contributed by atoms with E-state index in [0.717, 1.165) is 11.3 Å². The number of aromatic nitrogens is 1. The second-order valence-corrected chi connectivity index (χ2v) is 5.35. The number of rotatable bonds is 7. The first-order chi connectivity index (χ1) is 9.73. The number of alkyl halides is 3. The minimum Gasteiger partial charge on any atom is -0.383 e. The minimum absolute atomic E-state index is 0.0170. The first-order valence-corrected chi connectivity index (χ1v) is 6.91. The maximum atomic E-state index is 12.2. The standard InChI is InChI=1S/C11H17F3N4O2S/c1-6(5-11(12,13)14)17-9(19)7-8(15)18-10(21-7)16-3-4-20-2/h6H,3-5,15H2,1-2H3,(H,16,18)(H,17,19). The summed E-state index contributed by atoms with van der Waals surface area (Å²) in [5.41, 5.74) is 5.59. The highest BCUT2D eigenvalue weighted by atomic mass is 32.1. The molecular formula is C11H17F3N4O2S. The fraction of sp³-hybridized carbons (Fsp3) is 0.636. The average molecular weight is 326 g/mol. The zero-order valence-electron chi connectivity index (χ0n) is 11.6. The first kappa shape index (κ1) is 17.5. The Morgan fingerprint density at radius 3 is 2.76 bits per heavy atom. The summed E-state index contributed by atoms with van der Waals surface area (Å²) in [5, 5.41) is 5.56. The van der Waals surface area contributed by atoms with Gasteiger partial charge in [-0.25, -0.2) is 4.98 Å². The molecule has 1 amide bonds. The highest BCUT2D eigenvalue weighted by Crippen LogP contribution is 2.26. The lowest BCUT2D eigenvalue weighted by molar-refractivity contribution is -0.138. The van der Waals surface area contributed by atoms with Crippen LogP contribution < -0.4 is 16.4 Å². The summed E-state index contributed by atoms with van der Waals surface area (Å²) in [4.78, 5) is 15.9. The molecule has 0 radical (unpaired) electrons. The maximum absolute atomic E-state index is 12.2. The smallest absolute Gasteiger partial charge is 0.383 e. The summed E-state index contributed by atoms with van der Waals surface area (Å²) in [6.07, 6.45) is -5.44. The van der Waals surface area contributed by atoms with Gasteiger partial charge in [0.1, 0.15) is 10.7 Å². The number of carbonyl (C=O) groups is 1. The maximum Gasteiger partial charge on any atom is 0.391 e. The van der Waals surface area contributed by atoms with Crippen molar-refractivity contribution in [1.82, 2.24) is 10.3 Å². The molecular weight excluding hydrogens is 309 g/mol. The van der Waals surface area contributed by atoms with Crippen molar-refractivity contribution in [2.75, 3.05) is 31.3 Å². The molecule has 0 fully saturated rings. The Morgan fingerprint density at radius 1 is 1.52 bits per heavy atom. The quantitative estimate of drug-likeness (QED) is 0.666. The van der Waals surface area contributed by atoms with Gasteiger partial charge < -0.3 is 21.1 Å². The summed E-state index contributed by atoms with van der Waals surface area (Å²) < 4.78 is 41.5. The highest BCUT2D eigenvalue weighted by Gasteiger charge is 2.31. The van der Waals surface area contributed by atoms with Crippen molar-refractivity contribution in [3.63, 3.8) is 0 Å². The Bertz CT molecular complexity index is 479. The number of nitrogens with zero attached hydrogens (tertiary/aromatic N) is 1. The van der Waals surface area contributed by atoms with Crippen LogP contribution in [0, 0.1) is 0 Å². The summed E-state index contributed by atoms with van der Waals surface area (Å²) in [6.45, 7) is 2.21. The van der Waals surface area contributed by atoms with E-state index in [2.05, 4.69) is 15.6 Å². The average Bonchev–Trinajstić information content (AvgIpc) is 2.68. The molecule has 1 atom stereocenters. The van der Waals surface area contributed by atoms with Crippen LogP contribution in [0.5, 0.6) is 0 Å². The van der Waals surface area contributed by atoms with E-state index < -0.39 is 24.5 Å². The van der Waals surface area contributed by atoms with Gasteiger partial charge in [-0.3, -0.25) is 4.79 Å². The van der Waals surface area contributed by atoms with Crippen LogP contribution in [-0.2, 0) is 4.74 Å². The lowest BCUT2D eigenvalue weighted by atomic mass is 10.2. The Morgan fingerprint density at radius 2 is 2.19 bits per heavy atom. The van der Waals surface area contributed by atoms with Crippen LogP contribution in [0.4, 0.5) is 24.1 Å². The molecule has 1 aromatic heterocycles. The van der Waals surface area contributed by atoms with Crippen molar-refractivity contribution in [3.05, 3.63) is 4.88 Å². The van der Waals surface area contributed by atoms with E-state index in [1.807, 2.05) is 0 Å². The van der Waals surface area contributed by atoms with Crippen LogP contribution in [0.25, 0.3) is 0 Å². The van der Waals surface area contributed by atoms with Crippen LogP contribution >= 0.6 is 11.3 Å². The number of amides is 1. The predicted molar refractivity (Wildman–Crippen MR) is 74.5 cm³/mol. The third-order valence-corrected chi connectivity index (χ3v) is 3.38. The lowest BCUT2D eigenvalue weighted by Gasteiger charge is -2.15. The molecule has 120 valence electrons. The van der Waals surface area contributed by atoms with Gasteiger partial charge in [-0.2, -0.15) is 13.2 Å². The van der Waals surface area contributed by atoms with E-state index in [1.165, 1.54) is 6.92 Å². The van der Waals surface area contributed by atoms with Gasteiger partial charge in [-0.1, -0.05) is 11.3 Å². The van der Waals surface area contributed by atoms with E-state index in [9.17, 15) is 18.0 Å². The molecule has 0 aromatic carbocycles. The number of nitrogens with two attached hydrogens (primary N) is 1. The van der Waals surface area contributed by atoms with Gasteiger partial charge in [0, 0.05) is 19.7 Å². The van der Waals surface area contributed by atoms with E-state index in [4.69, 9.17) is 10.5 Å². The van der Waals surface area contributed by atoms with Gasteiger partial charge in [-0.05, 0) is 6.92 Å². The van der Waals surface area contributed by atoms with E-state index in [0.29, 0.717) is 18.3 Å². The summed E-state index contributed by atoms with van der Waals surface area (Å²) in [7, 11) is 1.54. The molecule has 1 rings (SSSR count). The van der Waals surface area contributed by atoms with Crippen LogP contribution in [0.3, 0.4) is 0 Å². The molecule has 1 heterocycles. The minimum atomic E-state index is -4.33. The van der Waals surface area contributed by atoms with Gasteiger partial charge in [0.05, 0.1) is 13.0 Å². The number of nitrogens with one attached hydrogen (secondary N) is 2. The second kappa shape index (κ2) is 7.46. The van der Waals surface area contributed by atoms with Crippen molar-refractivity contribution in [2.45, 2.75) is 25.6 Å². The number of anilines is 2. The van der Waals surface area contributed by atoms with Crippen molar-refractivity contribution in [2.24, 2.45) is 0 Å². The fourth-order valence-electron chi connectivity index (χ4n) is 1.52. The second-order valence-electron chi connectivity index (χ2n) is 4.35. The van der Waals surface area contributed by atoms with Gasteiger partial charge >= 0.3 is 6.18 Å². The van der Waals surface area contributed by atoms with E-state index >= 15 is 0 Å². The predicted octanol–water partition coefficient (Wildman–Crippen LogP) is 1.85. The number of nitrogen functional groups attached to an aromatic ring is 1. The van der Waals surface area contributed by atoms with E-state index in [1.54, 1.807) is 7.11 Å². The highest BCUT2D eigenvalue weighted by molar-refractivity contribution is 7.18. The molecule has 0 spiro atoms. The number of carbonyl (C=O) groups excluding carboxylic acids is 1. The van der Waals surface area contributed by atoms with Crippen molar-refractivity contribution in [1.29, 1.82) is 0 Å². The summed E-state index contributed by atoms with van der Waals surface area (Å²) >= 11 is 0.982. The lowest BCUT2D eigenvalue weighted by Crippen LogP contribution is -2.35. The van der Waals surface area contributed by atoms with Crippen LogP contribution in [0.2, 0.25) is 0 Å². The van der Waals surface area contributed by atoms with Gasteiger partial charge in [-0.15, -0.1) is 0 Å².